The summed E-state index contributed by atoms with van der Waals surface area (Å²) < 4.78 is 0. The number of aromatic nitrogens is 2. The molecule has 0 aliphatic carbocycles. The second kappa shape index (κ2) is 8.25. The Morgan fingerprint density at radius 1 is 0.923 bits per heavy atom. The summed E-state index contributed by atoms with van der Waals surface area (Å²) >= 11 is 0. The third-order valence-corrected chi connectivity index (χ3v) is 3.94. The first kappa shape index (κ1) is 17.6. The van der Waals surface area contributed by atoms with E-state index in [4.69, 9.17) is 0 Å². The lowest BCUT2D eigenvalue weighted by Gasteiger charge is -2.08. The molecule has 1 heterocycles. The SMILES string of the molecule is Cc1cc(C)cc(NC(=O)c2ccc(NCCc3ccccc3)nn2)c1. The molecule has 26 heavy (non-hydrogen) atoms. The van der Waals surface area contributed by atoms with Crippen molar-refractivity contribution >= 4 is 17.4 Å². The summed E-state index contributed by atoms with van der Waals surface area (Å²) in [5, 5.41) is 14.2. The Morgan fingerprint density at radius 2 is 1.65 bits per heavy atom. The summed E-state index contributed by atoms with van der Waals surface area (Å²) in [5.41, 5.74) is 4.52. The van der Waals surface area contributed by atoms with Crippen molar-refractivity contribution in [3.8, 4) is 0 Å². The molecule has 5 nitrogen and oxygen atoms in total. The number of nitrogens with zero attached hydrogens (tertiary/aromatic N) is 2. The summed E-state index contributed by atoms with van der Waals surface area (Å²) in [7, 11) is 0. The Balaban J connectivity index is 1.55. The summed E-state index contributed by atoms with van der Waals surface area (Å²) in [6.07, 6.45) is 0.900. The quantitative estimate of drug-likeness (QED) is 0.708. The van der Waals surface area contributed by atoms with Gasteiger partial charge in [0, 0.05) is 12.2 Å². The van der Waals surface area contributed by atoms with Crippen LogP contribution in [0.5, 0.6) is 0 Å². The highest BCUT2D eigenvalue weighted by Gasteiger charge is 2.09. The average Bonchev–Trinajstić information content (AvgIpc) is 2.62. The summed E-state index contributed by atoms with van der Waals surface area (Å²) in [6.45, 7) is 4.75. The lowest BCUT2D eigenvalue weighted by atomic mass is 10.1. The highest BCUT2D eigenvalue weighted by atomic mass is 16.1. The molecule has 0 aliphatic rings. The van der Waals surface area contributed by atoms with Gasteiger partial charge in [0.25, 0.3) is 5.91 Å². The number of rotatable bonds is 6. The number of amides is 1. The van der Waals surface area contributed by atoms with E-state index in [9.17, 15) is 4.79 Å². The molecule has 3 rings (SSSR count). The predicted octanol–water partition coefficient (Wildman–Crippen LogP) is 4.00. The molecule has 0 saturated heterocycles. The normalized spacial score (nSPS) is 10.4. The molecule has 132 valence electrons. The maximum absolute atomic E-state index is 12.3. The van der Waals surface area contributed by atoms with Gasteiger partial charge in [-0.2, -0.15) is 0 Å². The fourth-order valence-electron chi connectivity index (χ4n) is 2.77. The molecule has 2 aromatic carbocycles. The van der Waals surface area contributed by atoms with Gasteiger partial charge in [-0.1, -0.05) is 36.4 Å². The summed E-state index contributed by atoms with van der Waals surface area (Å²) in [5.74, 6) is 0.391. The minimum atomic E-state index is -0.265. The van der Waals surface area contributed by atoms with Crippen LogP contribution >= 0.6 is 0 Å². The number of benzene rings is 2. The number of aryl methyl sites for hydroxylation is 2. The fraction of sp³-hybridized carbons (Fsp3) is 0.190. The number of carbonyl (C=O) groups is 1. The van der Waals surface area contributed by atoms with Gasteiger partial charge < -0.3 is 10.6 Å². The van der Waals surface area contributed by atoms with Crippen molar-refractivity contribution in [1.29, 1.82) is 0 Å². The molecule has 1 aromatic heterocycles. The predicted molar refractivity (Wildman–Crippen MR) is 105 cm³/mol. The second-order valence-electron chi connectivity index (χ2n) is 6.30. The van der Waals surface area contributed by atoms with E-state index in [1.165, 1.54) is 5.56 Å². The topological polar surface area (TPSA) is 66.9 Å². The van der Waals surface area contributed by atoms with Crippen LogP contribution in [0.3, 0.4) is 0 Å². The molecule has 0 radical (unpaired) electrons. The van der Waals surface area contributed by atoms with E-state index in [1.807, 2.05) is 44.2 Å². The Labute approximate surface area is 153 Å². The molecule has 2 N–H and O–H groups in total. The first-order valence-corrected chi connectivity index (χ1v) is 8.61. The molecule has 0 saturated carbocycles. The molecule has 0 atom stereocenters. The van der Waals surface area contributed by atoms with Crippen LogP contribution in [0.25, 0.3) is 0 Å². The lowest BCUT2D eigenvalue weighted by molar-refractivity contribution is 0.102. The monoisotopic (exact) mass is 346 g/mol. The number of nitrogens with one attached hydrogen (secondary N) is 2. The van der Waals surface area contributed by atoms with E-state index in [0.717, 1.165) is 29.8 Å². The highest BCUT2D eigenvalue weighted by molar-refractivity contribution is 6.02. The molecule has 0 fully saturated rings. The van der Waals surface area contributed by atoms with Crippen LogP contribution in [-0.2, 0) is 6.42 Å². The minimum Gasteiger partial charge on any atom is -0.368 e. The third-order valence-electron chi connectivity index (χ3n) is 3.94. The first-order chi connectivity index (χ1) is 12.6. The van der Waals surface area contributed by atoms with Gasteiger partial charge in [0.2, 0.25) is 0 Å². The Hall–Kier alpha value is -3.21. The summed E-state index contributed by atoms with van der Waals surface area (Å²) in [4.78, 5) is 12.3. The van der Waals surface area contributed by atoms with E-state index in [0.29, 0.717) is 5.82 Å². The molecule has 1 amide bonds. The third kappa shape index (κ3) is 4.89. The maximum atomic E-state index is 12.3. The number of carbonyl (C=O) groups excluding carboxylic acids is 1. The van der Waals surface area contributed by atoms with Crippen LogP contribution in [0.4, 0.5) is 11.5 Å². The van der Waals surface area contributed by atoms with Gasteiger partial charge in [0.1, 0.15) is 5.82 Å². The summed E-state index contributed by atoms with van der Waals surface area (Å²) in [6, 6.07) is 19.6. The molecular formula is C21H22N4O. The minimum absolute atomic E-state index is 0.265. The number of hydrogen-bond acceptors (Lipinski definition) is 4. The zero-order valence-corrected chi connectivity index (χ0v) is 15.0. The van der Waals surface area contributed by atoms with Gasteiger partial charge in [-0.05, 0) is 61.2 Å². The van der Waals surface area contributed by atoms with Gasteiger partial charge in [-0.25, -0.2) is 0 Å². The molecule has 0 bridgehead atoms. The maximum Gasteiger partial charge on any atom is 0.276 e. The number of hydrogen-bond donors (Lipinski definition) is 2. The van der Waals surface area contributed by atoms with Crippen LogP contribution in [0.2, 0.25) is 0 Å². The molecule has 0 spiro atoms. The van der Waals surface area contributed by atoms with Crippen LogP contribution < -0.4 is 10.6 Å². The highest BCUT2D eigenvalue weighted by Crippen LogP contribution is 2.14. The Bertz CT molecular complexity index is 856. The largest absolute Gasteiger partial charge is 0.368 e. The van der Waals surface area contributed by atoms with Gasteiger partial charge in [-0.15, -0.1) is 10.2 Å². The molecular weight excluding hydrogens is 324 g/mol. The first-order valence-electron chi connectivity index (χ1n) is 8.61. The van der Waals surface area contributed by atoms with Crippen LogP contribution in [-0.4, -0.2) is 22.6 Å². The van der Waals surface area contributed by atoms with E-state index >= 15 is 0 Å². The van der Waals surface area contributed by atoms with Gasteiger partial charge in [0.15, 0.2) is 5.69 Å². The zero-order chi connectivity index (χ0) is 18.4. The Morgan fingerprint density at radius 3 is 2.31 bits per heavy atom. The Kier molecular flexibility index (Phi) is 5.59. The molecule has 0 aliphatic heterocycles. The van der Waals surface area contributed by atoms with Crippen LogP contribution in [0.1, 0.15) is 27.2 Å². The van der Waals surface area contributed by atoms with Crippen molar-refractivity contribution in [3.63, 3.8) is 0 Å². The smallest absolute Gasteiger partial charge is 0.276 e. The standard InChI is InChI=1S/C21H22N4O/c1-15-12-16(2)14-18(13-15)23-21(26)19-8-9-20(25-24-19)22-11-10-17-6-4-3-5-7-17/h3-9,12-14H,10-11H2,1-2H3,(H,22,25)(H,23,26). The van der Waals surface area contributed by atoms with E-state index in [-0.39, 0.29) is 11.6 Å². The average molecular weight is 346 g/mol. The van der Waals surface area contributed by atoms with Crippen LogP contribution in [0, 0.1) is 13.8 Å². The van der Waals surface area contributed by atoms with Crippen molar-refractivity contribution < 1.29 is 4.79 Å². The molecule has 3 aromatic rings. The number of anilines is 2. The van der Waals surface area contributed by atoms with Gasteiger partial charge in [0.05, 0.1) is 0 Å². The van der Waals surface area contributed by atoms with E-state index in [1.54, 1.807) is 12.1 Å². The van der Waals surface area contributed by atoms with E-state index in [2.05, 4.69) is 39.0 Å². The van der Waals surface area contributed by atoms with Gasteiger partial charge >= 0.3 is 0 Å². The molecule has 0 unspecified atom stereocenters. The molecule has 5 heteroatoms. The van der Waals surface area contributed by atoms with Crippen molar-refractivity contribution in [1.82, 2.24) is 10.2 Å². The van der Waals surface area contributed by atoms with Crippen molar-refractivity contribution in [2.45, 2.75) is 20.3 Å². The van der Waals surface area contributed by atoms with Crippen molar-refractivity contribution in [3.05, 3.63) is 83.0 Å². The fourth-order valence-corrected chi connectivity index (χ4v) is 2.77. The van der Waals surface area contributed by atoms with E-state index < -0.39 is 0 Å². The van der Waals surface area contributed by atoms with Gasteiger partial charge in [-0.3, -0.25) is 4.79 Å². The zero-order valence-electron chi connectivity index (χ0n) is 15.0. The van der Waals surface area contributed by atoms with Crippen LogP contribution in [0.15, 0.2) is 60.7 Å². The van der Waals surface area contributed by atoms with Crippen molar-refractivity contribution in [2.75, 3.05) is 17.2 Å². The van der Waals surface area contributed by atoms with Crippen molar-refractivity contribution in [2.24, 2.45) is 0 Å². The lowest BCUT2D eigenvalue weighted by Crippen LogP contribution is -2.15. The second-order valence-corrected chi connectivity index (χ2v) is 6.30.